The van der Waals surface area contributed by atoms with E-state index >= 15 is 0 Å². The number of hydrogen-bond donors (Lipinski definition) is 1. The van der Waals surface area contributed by atoms with E-state index in [9.17, 15) is 4.79 Å². The van der Waals surface area contributed by atoms with Crippen molar-refractivity contribution in [2.45, 2.75) is 6.42 Å². The number of nitrogens with one attached hydrogen (secondary N) is 1. The highest BCUT2D eigenvalue weighted by atomic mass is 35.5. The molecular weight excluding hydrogens is 287 g/mol. The van der Waals surface area contributed by atoms with Gasteiger partial charge in [-0.25, -0.2) is 4.98 Å². The summed E-state index contributed by atoms with van der Waals surface area (Å²) in [5.41, 5.74) is 1.36. The molecule has 0 saturated carbocycles. The van der Waals surface area contributed by atoms with Crippen molar-refractivity contribution in [1.29, 1.82) is 0 Å². The SMILES string of the molecule is Cn1nccc1CCNC(=O)c1ccc(Cl)nc1Cl. The van der Waals surface area contributed by atoms with Gasteiger partial charge in [0.05, 0.1) is 5.56 Å². The van der Waals surface area contributed by atoms with Gasteiger partial charge in [0.25, 0.3) is 5.91 Å². The van der Waals surface area contributed by atoms with Crippen LogP contribution in [0.3, 0.4) is 0 Å². The fraction of sp³-hybridized carbons (Fsp3) is 0.250. The summed E-state index contributed by atoms with van der Waals surface area (Å²) in [5.74, 6) is -0.267. The quantitative estimate of drug-likeness (QED) is 0.879. The lowest BCUT2D eigenvalue weighted by Crippen LogP contribution is -2.26. The van der Waals surface area contributed by atoms with Gasteiger partial charge in [-0.3, -0.25) is 9.48 Å². The molecule has 19 heavy (non-hydrogen) atoms. The summed E-state index contributed by atoms with van der Waals surface area (Å²) in [6.07, 6.45) is 2.41. The van der Waals surface area contributed by atoms with Gasteiger partial charge >= 0.3 is 0 Å². The molecule has 1 amide bonds. The molecule has 0 atom stereocenters. The average Bonchev–Trinajstić information content (AvgIpc) is 2.75. The molecule has 0 radical (unpaired) electrons. The zero-order valence-corrected chi connectivity index (χ0v) is 11.7. The highest BCUT2D eigenvalue weighted by Gasteiger charge is 2.11. The number of carbonyl (C=O) groups excluding carboxylic acids is 1. The molecule has 0 unspecified atom stereocenters. The highest BCUT2D eigenvalue weighted by Crippen LogP contribution is 2.16. The maximum atomic E-state index is 11.9. The Morgan fingerprint density at radius 3 is 2.79 bits per heavy atom. The molecule has 2 aromatic heterocycles. The predicted molar refractivity (Wildman–Crippen MR) is 73.5 cm³/mol. The Balaban J connectivity index is 1.93. The first-order valence-corrected chi connectivity index (χ1v) is 6.40. The Morgan fingerprint density at radius 2 is 2.16 bits per heavy atom. The van der Waals surface area contributed by atoms with E-state index < -0.39 is 0 Å². The summed E-state index contributed by atoms with van der Waals surface area (Å²) in [6.45, 7) is 0.497. The van der Waals surface area contributed by atoms with Crippen molar-refractivity contribution in [2.75, 3.05) is 6.54 Å². The van der Waals surface area contributed by atoms with Crippen molar-refractivity contribution in [3.63, 3.8) is 0 Å². The third kappa shape index (κ3) is 3.45. The zero-order valence-electron chi connectivity index (χ0n) is 10.2. The normalized spacial score (nSPS) is 10.5. The van der Waals surface area contributed by atoms with Crippen LogP contribution in [0.4, 0.5) is 0 Å². The highest BCUT2D eigenvalue weighted by molar-refractivity contribution is 6.34. The van der Waals surface area contributed by atoms with E-state index in [4.69, 9.17) is 23.2 Å². The lowest BCUT2D eigenvalue weighted by atomic mass is 10.2. The summed E-state index contributed by atoms with van der Waals surface area (Å²) in [6, 6.07) is 4.99. The van der Waals surface area contributed by atoms with Gasteiger partial charge < -0.3 is 5.32 Å². The molecule has 0 aromatic carbocycles. The van der Waals surface area contributed by atoms with Crippen LogP contribution in [0.1, 0.15) is 16.1 Å². The molecule has 1 N–H and O–H groups in total. The van der Waals surface area contributed by atoms with Gasteiger partial charge in [-0.1, -0.05) is 23.2 Å². The number of carbonyl (C=O) groups is 1. The third-order valence-electron chi connectivity index (χ3n) is 2.65. The van der Waals surface area contributed by atoms with Gasteiger partial charge in [-0.05, 0) is 18.2 Å². The molecular formula is C12H12Cl2N4O. The number of halogens is 2. The van der Waals surface area contributed by atoms with Gasteiger partial charge in [0, 0.05) is 31.9 Å². The molecule has 0 saturated heterocycles. The lowest BCUT2D eigenvalue weighted by molar-refractivity contribution is 0.0954. The Hall–Kier alpha value is -1.59. The number of hydrogen-bond acceptors (Lipinski definition) is 3. The Morgan fingerprint density at radius 1 is 1.37 bits per heavy atom. The molecule has 0 fully saturated rings. The summed E-state index contributed by atoms with van der Waals surface area (Å²) < 4.78 is 1.77. The maximum Gasteiger partial charge on any atom is 0.254 e. The maximum absolute atomic E-state index is 11.9. The zero-order chi connectivity index (χ0) is 13.8. The smallest absolute Gasteiger partial charge is 0.254 e. The Kier molecular flexibility index (Phi) is 4.39. The summed E-state index contributed by atoms with van der Waals surface area (Å²) in [7, 11) is 1.86. The Bertz CT molecular complexity index is 597. The number of pyridine rings is 1. The molecule has 0 bridgehead atoms. The molecule has 2 aromatic rings. The number of aryl methyl sites for hydroxylation is 1. The lowest BCUT2D eigenvalue weighted by Gasteiger charge is -2.06. The van der Waals surface area contributed by atoms with E-state index in [1.807, 2.05) is 13.1 Å². The van der Waals surface area contributed by atoms with Crippen molar-refractivity contribution in [3.05, 3.63) is 46.0 Å². The molecule has 0 aliphatic carbocycles. The number of nitrogens with zero attached hydrogens (tertiary/aromatic N) is 3. The first kappa shape index (κ1) is 13.8. The Labute approximate surface area is 120 Å². The van der Waals surface area contributed by atoms with Crippen LogP contribution in [-0.4, -0.2) is 27.2 Å². The van der Waals surface area contributed by atoms with E-state index in [0.717, 1.165) is 5.69 Å². The standard InChI is InChI=1S/C12H12Cl2N4O/c1-18-8(5-7-16-18)4-6-15-12(19)9-2-3-10(13)17-11(9)14/h2-3,5,7H,4,6H2,1H3,(H,15,19). The summed E-state index contributed by atoms with van der Waals surface area (Å²) >= 11 is 11.5. The van der Waals surface area contributed by atoms with Gasteiger partial charge in [0.1, 0.15) is 10.3 Å². The van der Waals surface area contributed by atoms with Crippen LogP contribution in [0.15, 0.2) is 24.4 Å². The minimum atomic E-state index is -0.267. The van der Waals surface area contributed by atoms with Crippen LogP contribution >= 0.6 is 23.2 Å². The van der Waals surface area contributed by atoms with Crippen LogP contribution in [0.5, 0.6) is 0 Å². The van der Waals surface area contributed by atoms with Crippen LogP contribution in [0, 0.1) is 0 Å². The third-order valence-corrected chi connectivity index (χ3v) is 3.15. The van der Waals surface area contributed by atoms with Gasteiger partial charge in [-0.15, -0.1) is 0 Å². The molecule has 5 nitrogen and oxygen atoms in total. The van der Waals surface area contributed by atoms with Crippen LogP contribution in [0.2, 0.25) is 10.3 Å². The van der Waals surface area contributed by atoms with Gasteiger partial charge in [0.2, 0.25) is 0 Å². The van der Waals surface area contributed by atoms with E-state index in [1.54, 1.807) is 16.9 Å². The van der Waals surface area contributed by atoms with Crippen molar-refractivity contribution in [1.82, 2.24) is 20.1 Å². The van der Waals surface area contributed by atoms with Crippen LogP contribution in [-0.2, 0) is 13.5 Å². The second-order valence-electron chi connectivity index (χ2n) is 3.92. The van der Waals surface area contributed by atoms with E-state index in [2.05, 4.69) is 15.4 Å². The van der Waals surface area contributed by atoms with Crippen molar-refractivity contribution in [2.24, 2.45) is 7.05 Å². The first-order chi connectivity index (χ1) is 9.08. The van der Waals surface area contributed by atoms with Crippen LogP contribution < -0.4 is 5.32 Å². The average molecular weight is 299 g/mol. The largest absolute Gasteiger partial charge is 0.352 e. The summed E-state index contributed by atoms with van der Waals surface area (Å²) in [4.78, 5) is 15.7. The molecule has 7 heteroatoms. The molecule has 2 rings (SSSR count). The van der Waals surface area contributed by atoms with Crippen LogP contribution in [0.25, 0.3) is 0 Å². The van der Waals surface area contributed by atoms with E-state index in [-0.39, 0.29) is 16.2 Å². The second kappa shape index (κ2) is 6.04. The van der Waals surface area contributed by atoms with Crippen molar-refractivity contribution in [3.8, 4) is 0 Å². The number of amides is 1. The number of aromatic nitrogens is 3. The minimum Gasteiger partial charge on any atom is -0.352 e. The molecule has 0 aliphatic rings. The number of rotatable bonds is 4. The second-order valence-corrected chi connectivity index (χ2v) is 4.67. The molecule has 100 valence electrons. The van der Waals surface area contributed by atoms with E-state index in [0.29, 0.717) is 18.5 Å². The van der Waals surface area contributed by atoms with Crippen molar-refractivity contribution < 1.29 is 4.79 Å². The molecule has 0 aliphatic heterocycles. The fourth-order valence-electron chi connectivity index (χ4n) is 1.63. The topological polar surface area (TPSA) is 59.8 Å². The first-order valence-electron chi connectivity index (χ1n) is 5.65. The van der Waals surface area contributed by atoms with Gasteiger partial charge in [0.15, 0.2) is 0 Å². The predicted octanol–water partition coefficient (Wildman–Crippen LogP) is 2.09. The monoisotopic (exact) mass is 298 g/mol. The fourth-order valence-corrected chi connectivity index (χ4v) is 2.06. The molecule has 2 heterocycles. The van der Waals surface area contributed by atoms with E-state index in [1.165, 1.54) is 6.07 Å². The minimum absolute atomic E-state index is 0.102. The summed E-state index contributed by atoms with van der Waals surface area (Å²) in [5, 5.41) is 7.19. The molecule has 0 spiro atoms. The van der Waals surface area contributed by atoms with Crippen molar-refractivity contribution >= 4 is 29.1 Å². The van der Waals surface area contributed by atoms with Gasteiger partial charge in [-0.2, -0.15) is 5.10 Å².